The van der Waals surface area contributed by atoms with Crippen LogP contribution in [0.15, 0.2) is 12.0 Å². The molecule has 0 saturated carbocycles. The van der Waals surface area contributed by atoms with Gasteiger partial charge in [0.05, 0.1) is 13.0 Å². The average molecular weight is 318 g/mol. The number of methoxy groups -OCH3 is 1. The molecule has 7 nitrogen and oxygen atoms in total. The van der Waals surface area contributed by atoms with E-state index in [1.54, 1.807) is 0 Å². The van der Waals surface area contributed by atoms with Gasteiger partial charge in [-0.05, 0) is 5.92 Å². The van der Waals surface area contributed by atoms with Crippen LogP contribution < -0.4 is 0 Å². The Balaban J connectivity index is 2.73. The van der Waals surface area contributed by atoms with E-state index in [-0.39, 0.29) is 24.9 Å². The first kappa shape index (κ1) is 17.6. The average Bonchev–Trinajstić information content (AvgIpc) is 2.35. The van der Waals surface area contributed by atoms with Crippen LogP contribution in [0.1, 0.15) is 13.8 Å². The molecule has 0 radical (unpaired) electrons. The van der Waals surface area contributed by atoms with E-state index in [1.807, 2.05) is 13.8 Å². The largest absolute Gasteiger partial charge is 0.467 e. The fraction of sp³-hybridized carbons (Fsp3) is 0.692. The molecule has 0 bridgehead atoms. The van der Waals surface area contributed by atoms with Crippen molar-refractivity contribution in [3.63, 3.8) is 0 Å². The van der Waals surface area contributed by atoms with Crippen LogP contribution in [0, 0.1) is 11.8 Å². The molecule has 0 N–H and O–H groups in total. The summed E-state index contributed by atoms with van der Waals surface area (Å²) in [5.74, 6) is -1.26. The van der Waals surface area contributed by atoms with Crippen LogP contribution in [0.3, 0.4) is 0 Å². The molecule has 1 rings (SSSR count). The van der Waals surface area contributed by atoms with Crippen LogP contribution in [-0.2, 0) is 24.3 Å². The van der Waals surface area contributed by atoms with Crippen molar-refractivity contribution in [2.45, 2.75) is 19.9 Å². The van der Waals surface area contributed by atoms with E-state index in [0.717, 1.165) is 5.41 Å². The number of amides is 1. The van der Waals surface area contributed by atoms with Crippen molar-refractivity contribution in [2.75, 3.05) is 27.2 Å². The number of rotatable bonds is 6. The second-order valence-electron chi connectivity index (χ2n) is 5.39. The Kier molecular flexibility index (Phi) is 5.52. The quantitative estimate of drug-likeness (QED) is 0.646. The topological polar surface area (TPSA) is 84.0 Å². The van der Waals surface area contributed by atoms with Gasteiger partial charge in [-0.15, -0.1) is 0 Å². The molecule has 1 aliphatic heterocycles. The molecule has 120 valence electrons. The predicted octanol–water partition coefficient (Wildman–Crippen LogP) is 0.0475. The third-order valence-electron chi connectivity index (χ3n) is 3.61. The molecule has 1 aliphatic rings. The molecule has 0 aromatic heterocycles. The van der Waals surface area contributed by atoms with Gasteiger partial charge < -0.3 is 9.64 Å². The Morgan fingerprint density at radius 3 is 2.29 bits per heavy atom. The van der Waals surface area contributed by atoms with Gasteiger partial charge in [0.2, 0.25) is 15.9 Å². The van der Waals surface area contributed by atoms with E-state index in [9.17, 15) is 18.0 Å². The summed E-state index contributed by atoms with van der Waals surface area (Å²) in [5, 5.41) is 0.864. The first-order chi connectivity index (χ1) is 9.65. The van der Waals surface area contributed by atoms with E-state index in [1.165, 1.54) is 23.4 Å². The van der Waals surface area contributed by atoms with Crippen LogP contribution in [-0.4, -0.2) is 62.8 Å². The molecule has 1 fully saturated rings. The lowest BCUT2D eigenvalue weighted by Crippen LogP contribution is -2.58. The van der Waals surface area contributed by atoms with Crippen molar-refractivity contribution in [2.24, 2.45) is 11.8 Å². The fourth-order valence-electron chi connectivity index (χ4n) is 2.33. The summed E-state index contributed by atoms with van der Waals surface area (Å²) in [6.45, 7) is 7.11. The van der Waals surface area contributed by atoms with Gasteiger partial charge in [0, 0.05) is 25.5 Å². The molecule has 1 unspecified atom stereocenters. The van der Waals surface area contributed by atoms with Crippen molar-refractivity contribution in [1.29, 1.82) is 0 Å². The monoisotopic (exact) mass is 318 g/mol. The van der Waals surface area contributed by atoms with Gasteiger partial charge in [-0.25, -0.2) is 13.2 Å². The van der Waals surface area contributed by atoms with Crippen molar-refractivity contribution < 1.29 is 22.7 Å². The summed E-state index contributed by atoms with van der Waals surface area (Å²) in [4.78, 5) is 25.4. The second kappa shape index (κ2) is 6.57. The van der Waals surface area contributed by atoms with Crippen LogP contribution in [0.2, 0.25) is 0 Å². The van der Waals surface area contributed by atoms with E-state index < -0.39 is 28.0 Å². The molecule has 0 aromatic rings. The van der Waals surface area contributed by atoms with Gasteiger partial charge in [0.1, 0.15) is 6.04 Å². The Bertz CT molecular complexity index is 523. The highest BCUT2D eigenvalue weighted by Crippen LogP contribution is 2.24. The number of esters is 1. The molecule has 1 heterocycles. The number of nitrogens with zero attached hydrogens (tertiary/aromatic N) is 2. The Morgan fingerprint density at radius 2 is 1.90 bits per heavy atom. The van der Waals surface area contributed by atoms with Crippen LogP contribution in [0.25, 0.3) is 0 Å². The molecular formula is C13H22N2O5S. The highest BCUT2D eigenvalue weighted by atomic mass is 32.2. The highest BCUT2D eigenvalue weighted by Gasteiger charge is 2.42. The van der Waals surface area contributed by atoms with Crippen molar-refractivity contribution >= 4 is 21.9 Å². The zero-order valence-corrected chi connectivity index (χ0v) is 13.6. The first-order valence-electron chi connectivity index (χ1n) is 6.62. The minimum atomic E-state index is -3.48. The van der Waals surface area contributed by atoms with E-state index in [4.69, 9.17) is 4.74 Å². The lowest BCUT2D eigenvalue weighted by Gasteiger charge is -2.40. The Labute approximate surface area is 125 Å². The number of hydrogen-bond acceptors (Lipinski definition) is 5. The number of likely N-dealkylation sites (N-methyl/N-ethyl adjacent to an activating group) is 1. The minimum Gasteiger partial charge on any atom is -0.467 e. The smallest absolute Gasteiger partial charge is 0.328 e. The van der Waals surface area contributed by atoms with Gasteiger partial charge in [-0.2, -0.15) is 4.31 Å². The van der Waals surface area contributed by atoms with Crippen molar-refractivity contribution in [1.82, 2.24) is 9.21 Å². The Morgan fingerprint density at radius 1 is 1.38 bits per heavy atom. The predicted molar refractivity (Wildman–Crippen MR) is 77.6 cm³/mol. The maximum Gasteiger partial charge on any atom is 0.328 e. The van der Waals surface area contributed by atoms with Gasteiger partial charge in [-0.1, -0.05) is 20.4 Å². The zero-order chi connectivity index (χ0) is 16.4. The summed E-state index contributed by atoms with van der Waals surface area (Å²) in [5.41, 5.74) is 0. The van der Waals surface area contributed by atoms with Gasteiger partial charge >= 0.3 is 5.97 Å². The third kappa shape index (κ3) is 3.62. The van der Waals surface area contributed by atoms with Crippen molar-refractivity contribution in [3.05, 3.63) is 12.0 Å². The zero-order valence-electron chi connectivity index (χ0n) is 12.8. The highest BCUT2D eigenvalue weighted by molar-refractivity contribution is 7.92. The fourth-order valence-corrected chi connectivity index (χ4v) is 3.32. The maximum atomic E-state index is 12.3. The summed E-state index contributed by atoms with van der Waals surface area (Å²) in [6, 6.07) is -0.674. The molecule has 1 saturated heterocycles. The second-order valence-corrected chi connectivity index (χ2v) is 7.27. The molecule has 0 aromatic carbocycles. The number of sulfonamides is 1. The van der Waals surface area contributed by atoms with E-state index in [0.29, 0.717) is 0 Å². The Hall–Kier alpha value is -1.41. The van der Waals surface area contributed by atoms with Crippen LogP contribution >= 0.6 is 0 Å². The van der Waals surface area contributed by atoms with E-state index in [2.05, 4.69) is 6.58 Å². The summed E-state index contributed by atoms with van der Waals surface area (Å²) in [7, 11) is -0.664. The molecule has 21 heavy (non-hydrogen) atoms. The summed E-state index contributed by atoms with van der Waals surface area (Å²) >= 11 is 0. The summed E-state index contributed by atoms with van der Waals surface area (Å²) in [6.07, 6.45) is 0. The molecule has 1 amide bonds. The number of carbonyl (C=O) groups is 2. The molecule has 8 heteroatoms. The summed E-state index contributed by atoms with van der Waals surface area (Å²) < 4.78 is 28.9. The number of ether oxygens (including phenoxy) is 1. The molecule has 0 spiro atoms. The van der Waals surface area contributed by atoms with Crippen LogP contribution in [0.4, 0.5) is 0 Å². The number of hydrogen-bond donors (Lipinski definition) is 0. The van der Waals surface area contributed by atoms with Crippen LogP contribution in [0.5, 0.6) is 0 Å². The minimum absolute atomic E-state index is 0.0977. The van der Waals surface area contributed by atoms with Gasteiger partial charge in [0.15, 0.2) is 0 Å². The standard InChI is InChI=1S/C13H22N2O5S/c1-6-21(18,19)15-7-10(8-15)12(16)14(4)11(9(2)3)13(17)20-5/h6,9-11H,1,7-8H2,2-5H3. The SMILES string of the molecule is C=CS(=O)(=O)N1CC(C(=O)N(C)C(C(=O)OC)C(C)C)C1. The lowest BCUT2D eigenvalue weighted by molar-refractivity contribution is -0.156. The maximum absolute atomic E-state index is 12.3. The normalized spacial score (nSPS) is 18.0. The van der Waals surface area contributed by atoms with Gasteiger partial charge in [-0.3, -0.25) is 4.79 Å². The third-order valence-corrected chi connectivity index (χ3v) is 5.05. The molecule has 1 atom stereocenters. The number of carbonyl (C=O) groups excluding carboxylic acids is 2. The lowest BCUT2D eigenvalue weighted by atomic mass is 9.97. The molecule has 0 aliphatic carbocycles. The van der Waals surface area contributed by atoms with Crippen molar-refractivity contribution in [3.8, 4) is 0 Å². The molecular weight excluding hydrogens is 296 g/mol. The van der Waals surface area contributed by atoms with Gasteiger partial charge in [0.25, 0.3) is 0 Å². The first-order valence-corrected chi connectivity index (χ1v) is 8.13. The van der Waals surface area contributed by atoms with E-state index >= 15 is 0 Å².